The Morgan fingerprint density at radius 3 is 2.62 bits per heavy atom. The van der Waals surface area contributed by atoms with Crippen LogP contribution in [0.25, 0.3) is 0 Å². The van der Waals surface area contributed by atoms with Gasteiger partial charge in [0.15, 0.2) is 0 Å². The molecule has 0 spiro atoms. The van der Waals surface area contributed by atoms with Crippen molar-refractivity contribution in [2.45, 2.75) is 58.8 Å². The summed E-state index contributed by atoms with van der Waals surface area (Å²) in [5.74, 6) is 3.00. The number of hydrogen-bond donors (Lipinski definition) is 0. The minimum Gasteiger partial charge on any atom is -0.303 e. The minimum atomic E-state index is 0.991. The lowest BCUT2D eigenvalue weighted by Gasteiger charge is -2.36. The molecule has 0 aromatic heterocycles. The maximum atomic E-state index is 2.76. The molecule has 1 aliphatic heterocycles. The summed E-state index contributed by atoms with van der Waals surface area (Å²) in [4.78, 5) is 2.76. The van der Waals surface area contributed by atoms with E-state index in [1.54, 1.807) is 0 Å². The zero-order valence-electron chi connectivity index (χ0n) is 11.3. The molecule has 1 saturated heterocycles. The van der Waals surface area contributed by atoms with Gasteiger partial charge in [-0.25, -0.2) is 0 Å². The maximum absolute atomic E-state index is 2.76. The smallest absolute Gasteiger partial charge is 0.000987 e. The summed E-state index contributed by atoms with van der Waals surface area (Å²) in [6.07, 6.45) is 10.3. The molecule has 2 rings (SSSR count). The van der Waals surface area contributed by atoms with Gasteiger partial charge in [-0.1, -0.05) is 33.1 Å². The number of rotatable bonds is 3. The largest absolute Gasteiger partial charge is 0.303 e. The molecule has 0 aromatic carbocycles. The van der Waals surface area contributed by atoms with Crippen LogP contribution < -0.4 is 0 Å². The molecule has 94 valence electrons. The molecule has 1 nitrogen and oxygen atoms in total. The highest BCUT2D eigenvalue weighted by Crippen LogP contribution is 2.30. The van der Waals surface area contributed by atoms with Gasteiger partial charge in [-0.05, 0) is 50.0 Å². The highest BCUT2D eigenvalue weighted by atomic mass is 15.1. The van der Waals surface area contributed by atoms with Gasteiger partial charge in [0, 0.05) is 13.1 Å². The van der Waals surface area contributed by atoms with Crippen LogP contribution in [0.3, 0.4) is 0 Å². The highest BCUT2D eigenvalue weighted by Gasteiger charge is 2.24. The second-order valence-electron chi connectivity index (χ2n) is 6.31. The average Bonchev–Trinajstić information content (AvgIpc) is 2.29. The number of nitrogens with zero attached hydrogens (tertiary/aromatic N) is 1. The summed E-state index contributed by atoms with van der Waals surface area (Å²) in [6.45, 7) is 8.97. The van der Waals surface area contributed by atoms with Gasteiger partial charge in [0.25, 0.3) is 0 Å². The van der Waals surface area contributed by atoms with Crippen LogP contribution in [-0.2, 0) is 0 Å². The Kier molecular flexibility index (Phi) is 4.69. The summed E-state index contributed by atoms with van der Waals surface area (Å²) < 4.78 is 0. The monoisotopic (exact) mass is 223 g/mol. The lowest BCUT2D eigenvalue weighted by molar-refractivity contribution is 0.126. The third-order valence-electron chi connectivity index (χ3n) is 4.74. The van der Waals surface area contributed by atoms with E-state index in [-0.39, 0.29) is 0 Å². The van der Waals surface area contributed by atoms with Crippen LogP contribution in [0.2, 0.25) is 0 Å². The molecule has 1 heteroatoms. The fraction of sp³-hybridized carbons (Fsp3) is 1.00. The zero-order valence-corrected chi connectivity index (χ0v) is 11.3. The van der Waals surface area contributed by atoms with Gasteiger partial charge in [-0.15, -0.1) is 0 Å². The van der Waals surface area contributed by atoms with Gasteiger partial charge < -0.3 is 4.90 Å². The molecule has 1 heterocycles. The van der Waals surface area contributed by atoms with Crippen LogP contribution in [0.1, 0.15) is 58.8 Å². The SMILES string of the molecule is CCC1CCCN(CC2CCCC(C)C2)C1. The summed E-state index contributed by atoms with van der Waals surface area (Å²) in [5.41, 5.74) is 0. The Bertz CT molecular complexity index is 202. The van der Waals surface area contributed by atoms with Crippen molar-refractivity contribution in [1.29, 1.82) is 0 Å². The highest BCUT2D eigenvalue weighted by molar-refractivity contribution is 4.77. The molecular weight excluding hydrogens is 194 g/mol. The van der Waals surface area contributed by atoms with Crippen molar-refractivity contribution in [1.82, 2.24) is 4.90 Å². The second kappa shape index (κ2) is 6.05. The molecule has 0 amide bonds. The summed E-state index contributed by atoms with van der Waals surface area (Å²) in [6, 6.07) is 0. The molecule has 1 saturated carbocycles. The average molecular weight is 223 g/mol. The van der Waals surface area contributed by atoms with Crippen molar-refractivity contribution < 1.29 is 0 Å². The molecule has 0 N–H and O–H groups in total. The van der Waals surface area contributed by atoms with E-state index in [2.05, 4.69) is 18.7 Å². The first-order valence-corrected chi connectivity index (χ1v) is 7.50. The molecule has 0 bridgehead atoms. The van der Waals surface area contributed by atoms with Crippen molar-refractivity contribution >= 4 is 0 Å². The third-order valence-corrected chi connectivity index (χ3v) is 4.74. The molecular formula is C15H29N. The maximum Gasteiger partial charge on any atom is 0.000987 e. The van der Waals surface area contributed by atoms with Gasteiger partial charge >= 0.3 is 0 Å². The predicted molar refractivity (Wildman–Crippen MR) is 70.6 cm³/mol. The van der Waals surface area contributed by atoms with Gasteiger partial charge in [0.1, 0.15) is 0 Å². The van der Waals surface area contributed by atoms with E-state index in [9.17, 15) is 0 Å². The first kappa shape index (κ1) is 12.4. The van der Waals surface area contributed by atoms with Crippen LogP contribution >= 0.6 is 0 Å². The molecule has 1 aliphatic carbocycles. The van der Waals surface area contributed by atoms with Crippen LogP contribution in [0.4, 0.5) is 0 Å². The van der Waals surface area contributed by atoms with Crippen molar-refractivity contribution in [3.05, 3.63) is 0 Å². The first-order valence-electron chi connectivity index (χ1n) is 7.50. The van der Waals surface area contributed by atoms with Crippen LogP contribution in [0.15, 0.2) is 0 Å². The Hall–Kier alpha value is -0.0400. The molecule has 3 atom stereocenters. The lowest BCUT2D eigenvalue weighted by Crippen LogP contribution is -2.39. The van der Waals surface area contributed by atoms with Crippen molar-refractivity contribution in [2.24, 2.45) is 17.8 Å². The molecule has 16 heavy (non-hydrogen) atoms. The third kappa shape index (κ3) is 3.48. The van der Waals surface area contributed by atoms with E-state index >= 15 is 0 Å². The Morgan fingerprint density at radius 1 is 1.06 bits per heavy atom. The predicted octanol–water partition coefficient (Wildman–Crippen LogP) is 3.93. The molecule has 2 fully saturated rings. The second-order valence-corrected chi connectivity index (χ2v) is 6.31. The van der Waals surface area contributed by atoms with Gasteiger partial charge in [-0.3, -0.25) is 0 Å². The fourth-order valence-electron chi connectivity index (χ4n) is 3.74. The summed E-state index contributed by atoms with van der Waals surface area (Å²) in [7, 11) is 0. The number of hydrogen-bond acceptors (Lipinski definition) is 1. The zero-order chi connectivity index (χ0) is 11.4. The van der Waals surface area contributed by atoms with Crippen molar-refractivity contribution in [2.75, 3.05) is 19.6 Å². The number of likely N-dealkylation sites (tertiary alicyclic amines) is 1. The van der Waals surface area contributed by atoms with E-state index in [1.165, 1.54) is 64.6 Å². The topological polar surface area (TPSA) is 3.24 Å². The van der Waals surface area contributed by atoms with Crippen LogP contribution in [0.5, 0.6) is 0 Å². The van der Waals surface area contributed by atoms with Crippen molar-refractivity contribution in [3.8, 4) is 0 Å². The van der Waals surface area contributed by atoms with Gasteiger partial charge in [0.05, 0.1) is 0 Å². The standard InChI is InChI=1S/C15H29N/c1-3-14-8-5-9-16(11-14)12-15-7-4-6-13(2)10-15/h13-15H,3-12H2,1-2H3. The van der Waals surface area contributed by atoms with Gasteiger partial charge in [0.2, 0.25) is 0 Å². The van der Waals surface area contributed by atoms with Crippen LogP contribution in [0, 0.1) is 17.8 Å². The Labute approximate surface area is 102 Å². The summed E-state index contributed by atoms with van der Waals surface area (Å²) in [5, 5.41) is 0. The van der Waals surface area contributed by atoms with E-state index in [0.29, 0.717) is 0 Å². The first-order chi connectivity index (χ1) is 7.78. The lowest BCUT2D eigenvalue weighted by atomic mass is 9.82. The normalized spacial score (nSPS) is 37.5. The van der Waals surface area contributed by atoms with E-state index in [1.807, 2.05) is 0 Å². The van der Waals surface area contributed by atoms with Crippen LogP contribution in [-0.4, -0.2) is 24.5 Å². The molecule has 0 aromatic rings. The molecule has 3 unspecified atom stereocenters. The summed E-state index contributed by atoms with van der Waals surface area (Å²) >= 11 is 0. The van der Waals surface area contributed by atoms with Crippen molar-refractivity contribution in [3.63, 3.8) is 0 Å². The minimum absolute atomic E-state index is 0.991. The van der Waals surface area contributed by atoms with E-state index in [4.69, 9.17) is 0 Å². The number of piperidine rings is 1. The quantitative estimate of drug-likeness (QED) is 0.700. The molecule has 2 aliphatic rings. The van der Waals surface area contributed by atoms with E-state index in [0.717, 1.165) is 17.8 Å². The Balaban J connectivity index is 1.75. The molecule has 0 radical (unpaired) electrons. The fourth-order valence-corrected chi connectivity index (χ4v) is 3.74. The Morgan fingerprint density at radius 2 is 1.88 bits per heavy atom. The van der Waals surface area contributed by atoms with Gasteiger partial charge in [-0.2, -0.15) is 0 Å². The van der Waals surface area contributed by atoms with E-state index < -0.39 is 0 Å².